The lowest BCUT2D eigenvalue weighted by Crippen LogP contribution is -2.39. The van der Waals surface area contributed by atoms with Crippen LogP contribution in [-0.4, -0.2) is 17.3 Å². The van der Waals surface area contributed by atoms with Crippen molar-refractivity contribution < 1.29 is 4.92 Å². The molecule has 0 aromatic heterocycles. The monoisotopic (exact) mass is 201 g/mol. The van der Waals surface area contributed by atoms with Gasteiger partial charge in [-0.2, -0.15) is 0 Å². The van der Waals surface area contributed by atoms with Crippen molar-refractivity contribution in [3.05, 3.63) is 10.1 Å². The van der Waals surface area contributed by atoms with Gasteiger partial charge < -0.3 is 0 Å². The molecule has 60 valence electrons. The Morgan fingerprint density at radius 3 is 2.10 bits per heavy atom. The maximum Gasteiger partial charge on any atom is 0.328 e. The van der Waals surface area contributed by atoms with E-state index in [0.717, 1.165) is 0 Å². The first-order valence-corrected chi connectivity index (χ1v) is 7.51. The van der Waals surface area contributed by atoms with E-state index in [4.69, 9.17) is 22.2 Å². The highest BCUT2D eigenvalue weighted by Crippen LogP contribution is 2.22. The quantitative estimate of drug-likeness (QED) is 0.304. The number of rotatable bonds is 3. The van der Waals surface area contributed by atoms with E-state index in [1.807, 2.05) is 0 Å². The molecule has 0 aromatic carbocycles. The Balaban J connectivity index is 4.22. The molecule has 0 bridgehead atoms. The van der Waals surface area contributed by atoms with Crippen molar-refractivity contribution in [2.75, 3.05) is 0 Å². The Bertz CT molecular complexity index is 136. The molecule has 0 radical (unpaired) electrons. The number of hydrogen-bond acceptors (Lipinski definition) is 2. The van der Waals surface area contributed by atoms with Crippen LogP contribution < -0.4 is 0 Å². The Hall–Kier alpha value is 0.197. The molecule has 0 N–H and O–H groups in total. The molecule has 0 amide bonds. The van der Waals surface area contributed by atoms with E-state index in [1.165, 1.54) is 0 Å². The summed E-state index contributed by atoms with van der Waals surface area (Å²) in [6.07, 6.45) is 0.405. The van der Waals surface area contributed by atoms with Gasteiger partial charge in [0.1, 0.15) is 0 Å². The normalized spacial score (nSPS) is 14.8. The number of halogens is 2. The fourth-order valence-corrected chi connectivity index (χ4v) is 3.18. The minimum atomic E-state index is -2.60. The smallest absolute Gasteiger partial charge is 0.265 e. The Morgan fingerprint density at radius 2 is 2.10 bits per heavy atom. The number of hydrogen-bond donors (Lipinski definition) is 0. The van der Waals surface area contributed by atoms with Crippen LogP contribution in [0.25, 0.3) is 0 Å². The van der Waals surface area contributed by atoms with Gasteiger partial charge in [0.15, 0.2) is 0 Å². The zero-order chi connectivity index (χ0) is 8.36. The third kappa shape index (κ3) is 2.85. The van der Waals surface area contributed by atoms with Gasteiger partial charge in [-0.15, -0.1) is 22.2 Å². The molecule has 0 saturated heterocycles. The largest absolute Gasteiger partial charge is 0.328 e. The first kappa shape index (κ1) is 10.2. The minimum Gasteiger partial charge on any atom is -0.265 e. The summed E-state index contributed by atoms with van der Waals surface area (Å²) in [5.41, 5.74) is -0.740. The van der Waals surface area contributed by atoms with E-state index in [-0.39, 0.29) is 0 Å². The first-order chi connectivity index (χ1) is 4.39. The van der Waals surface area contributed by atoms with Crippen LogP contribution in [0.3, 0.4) is 0 Å². The van der Waals surface area contributed by atoms with Gasteiger partial charge >= 0.3 is 6.69 Å². The molecule has 6 heteroatoms. The molecular formula is C4H9Cl2NO2Si. The fraction of sp³-hybridized carbons (Fsp3) is 1.00. The molecule has 0 aliphatic carbocycles. The van der Waals surface area contributed by atoms with E-state index < -0.39 is 17.3 Å². The minimum absolute atomic E-state index is 0.397. The molecule has 0 rings (SSSR count). The van der Waals surface area contributed by atoms with Crippen molar-refractivity contribution in [2.45, 2.75) is 25.6 Å². The lowest BCUT2D eigenvalue weighted by molar-refractivity contribution is -0.500. The van der Waals surface area contributed by atoms with Crippen molar-refractivity contribution in [3.8, 4) is 0 Å². The highest BCUT2D eigenvalue weighted by molar-refractivity contribution is 7.45. The summed E-state index contributed by atoms with van der Waals surface area (Å²) in [6.45, 7) is 0.670. The third-order valence-electron chi connectivity index (χ3n) is 1.23. The van der Waals surface area contributed by atoms with Crippen molar-refractivity contribution in [2.24, 2.45) is 0 Å². The SMILES string of the molecule is CCC([N+](=O)[O-])[Si](C)(Cl)Cl. The summed E-state index contributed by atoms with van der Waals surface area (Å²) in [5, 5.41) is 10.2. The molecule has 0 saturated carbocycles. The molecule has 0 fully saturated rings. The van der Waals surface area contributed by atoms with E-state index >= 15 is 0 Å². The Kier molecular flexibility index (Phi) is 3.62. The van der Waals surface area contributed by atoms with E-state index in [1.54, 1.807) is 13.5 Å². The van der Waals surface area contributed by atoms with Gasteiger partial charge in [0.05, 0.1) is 0 Å². The fourth-order valence-electron chi connectivity index (χ4n) is 0.693. The Morgan fingerprint density at radius 1 is 1.70 bits per heavy atom. The summed E-state index contributed by atoms with van der Waals surface area (Å²) in [5.74, 6) is 0. The van der Waals surface area contributed by atoms with Gasteiger partial charge in [-0.05, 0) is 6.55 Å². The average molecular weight is 202 g/mol. The van der Waals surface area contributed by atoms with Crippen LogP contribution in [0.1, 0.15) is 13.3 Å². The van der Waals surface area contributed by atoms with Gasteiger partial charge in [0.25, 0.3) is 0 Å². The summed E-state index contributed by atoms with van der Waals surface area (Å²) in [7, 11) is 0. The summed E-state index contributed by atoms with van der Waals surface area (Å²) < 4.78 is 0. The van der Waals surface area contributed by atoms with E-state index in [0.29, 0.717) is 6.42 Å². The maximum atomic E-state index is 10.2. The first-order valence-electron chi connectivity index (χ1n) is 2.91. The lowest BCUT2D eigenvalue weighted by atomic mass is 10.5. The zero-order valence-electron chi connectivity index (χ0n) is 5.80. The standard InChI is InChI=1S/C4H9Cl2NO2Si/c1-3-4(7(8)9)10(2,5)6/h4H,3H2,1-2H3. The zero-order valence-corrected chi connectivity index (χ0v) is 8.32. The van der Waals surface area contributed by atoms with Crippen molar-refractivity contribution >= 4 is 28.9 Å². The predicted molar refractivity (Wildman–Crippen MR) is 44.4 cm³/mol. The second-order valence-electron chi connectivity index (χ2n) is 2.17. The number of nitrogens with zero attached hydrogens (tertiary/aromatic N) is 1. The highest BCUT2D eigenvalue weighted by Gasteiger charge is 2.41. The van der Waals surface area contributed by atoms with Gasteiger partial charge in [0.2, 0.25) is 5.67 Å². The molecule has 0 spiro atoms. The molecule has 1 unspecified atom stereocenters. The topological polar surface area (TPSA) is 43.1 Å². The van der Waals surface area contributed by atoms with Crippen molar-refractivity contribution in [3.63, 3.8) is 0 Å². The van der Waals surface area contributed by atoms with Crippen LogP contribution >= 0.6 is 22.2 Å². The predicted octanol–water partition coefficient (Wildman–Crippen LogP) is 2.13. The Labute approximate surface area is 69.9 Å². The highest BCUT2D eigenvalue weighted by atomic mass is 35.7. The van der Waals surface area contributed by atoms with Gasteiger partial charge in [-0.3, -0.25) is 10.1 Å². The van der Waals surface area contributed by atoms with Crippen LogP contribution in [0.15, 0.2) is 0 Å². The van der Waals surface area contributed by atoms with Crippen LogP contribution in [0, 0.1) is 10.1 Å². The molecule has 3 nitrogen and oxygen atoms in total. The summed E-state index contributed by atoms with van der Waals surface area (Å²) in [4.78, 5) is 9.85. The summed E-state index contributed by atoms with van der Waals surface area (Å²) >= 11 is 11.3. The van der Waals surface area contributed by atoms with Gasteiger partial charge in [-0.25, -0.2) is 0 Å². The van der Waals surface area contributed by atoms with Crippen LogP contribution in [-0.2, 0) is 0 Å². The maximum absolute atomic E-state index is 10.2. The van der Waals surface area contributed by atoms with Gasteiger partial charge in [-0.1, -0.05) is 6.92 Å². The molecule has 10 heavy (non-hydrogen) atoms. The van der Waals surface area contributed by atoms with E-state index in [9.17, 15) is 10.1 Å². The molecule has 1 atom stereocenters. The molecular weight excluding hydrogens is 193 g/mol. The van der Waals surface area contributed by atoms with Crippen LogP contribution in [0.5, 0.6) is 0 Å². The van der Waals surface area contributed by atoms with E-state index in [2.05, 4.69) is 0 Å². The van der Waals surface area contributed by atoms with Crippen LogP contribution in [0.4, 0.5) is 0 Å². The average Bonchev–Trinajstić information content (AvgIpc) is 1.60. The van der Waals surface area contributed by atoms with Crippen molar-refractivity contribution in [1.29, 1.82) is 0 Å². The molecule has 0 aliphatic heterocycles. The third-order valence-corrected chi connectivity index (χ3v) is 4.53. The van der Waals surface area contributed by atoms with Crippen molar-refractivity contribution in [1.82, 2.24) is 0 Å². The second kappa shape index (κ2) is 3.55. The van der Waals surface area contributed by atoms with Crippen LogP contribution in [0.2, 0.25) is 6.55 Å². The second-order valence-corrected chi connectivity index (χ2v) is 10.0. The molecule has 0 heterocycles. The summed E-state index contributed by atoms with van der Waals surface area (Å²) in [6, 6.07) is 0. The lowest BCUT2D eigenvalue weighted by Gasteiger charge is -2.13. The number of nitro groups is 1. The molecule has 0 aromatic rings. The molecule has 0 aliphatic rings. The van der Waals surface area contributed by atoms with Gasteiger partial charge in [0, 0.05) is 11.3 Å².